The molecule has 2 aromatic rings. The van der Waals surface area contributed by atoms with Gasteiger partial charge in [-0.3, -0.25) is 0 Å². The largest absolute Gasteiger partial charge is 0.508 e. The molecule has 2 rings (SSSR count). The van der Waals surface area contributed by atoms with Crippen LogP contribution >= 0.6 is 34.8 Å². The summed E-state index contributed by atoms with van der Waals surface area (Å²) in [4.78, 5) is 0. The van der Waals surface area contributed by atoms with Crippen LogP contribution in [0.15, 0.2) is 30.3 Å². The number of hydrogen-bond acceptors (Lipinski definition) is 2. The van der Waals surface area contributed by atoms with Crippen molar-refractivity contribution in [3.63, 3.8) is 0 Å². The van der Waals surface area contributed by atoms with Gasteiger partial charge in [0.15, 0.2) is 0 Å². The Morgan fingerprint density at radius 2 is 1.65 bits per heavy atom. The van der Waals surface area contributed by atoms with Crippen molar-refractivity contribution in [2.75, 3.05) is 5.32 Å². The minimum absolute atomic E-state index is 0.147. The van der Waals surface area contributed by atoms with Crippen LogP contribution in [0.3, 0.4) is 0 Å². The average Bonchev–Trinajstić information content (AvgIpc) is 2.33. The van der Waals surface area contributed by atoms with Crippen LogP contribution in [0.2, 0.25) is 15.1 Å². The molecule has 0 heterocycles. The van der Waals surface area contributed by atoms with Crippen LogP contribution in [-0.2, 0) is 0 Å². The summed E-state index contributed by atoms with van der Waals surface area (Å²) in [5.41, 5.74) is 2.38. The quantitative estimate of drug-likeness (QED) is 0.741. The molecular weight excluding hydrogens is 317 g/mol. The average molecular weight is 331 g/mol. The molecule has 0 aliphatic heterocycles. The van der Waals surface area contributed by atoms with Crippen LogP contribution in [0, 0.1) is 6.92 Å². The lowest BCUT2D eigenvalue weighted by Gasteiger charge is -2.19. The first-order valence-electron chi connectivity index (χ1n) is 6.09. The molecule has 1 atom stereocenters. The molecule has 0 aliphatic rings. The maximum absolute atomic E-state index is 10.00. The lowest BCUT2D eigenvalue weighted by atomic mass is 10.0. The summed E-state index contributed by atoms with van der Waals surface area (Å²) in [6, 6.07) is 8.64. The zero-order valence-corrected chi connectivity index (χ0v) is 13.3. The van der Waals surface area contributed by atoms with Crippen molar-refractivity contribution in [3.8, 4) is 5.75 Å². The second-order valence-corrected chi connectivity index (χ2v) is 5.92. The lowest BCUT2D eigenvalue weighted by Crippen LogP contribution is -2.08. The van der Waals surface area contributed by atoms with Crippen molar-refractivity contribution in [3.05, 3.63) is 56.5 Å². The van der Waals surface area contributed by atoms with Gasteiger partial charge in [0.1, 0.15) is 5.75 Å². The molecule has 5 heteroatoms. The number of aryl methyl sites for hydroxylation is 1. The fourth-order valence-electron chi connectivity index (χ4n) is 1.99. The van der Waals surface area contributed by atoms with Crippen molar-refractivity contribution in [1.29, 1.82) is 0 Å². The van der Waals surface area contributed by atoms with E-state index in [2.05, 4.69) is 5.32 Å². The fourth-order valence-corrected chi connectivity index (χ4v) is 2.92. The van der Waals surface area contributed by atoms with Crippen LogP contribution in [0.25, 0.3) is 0 Å². The number of phenolic OH excluding ortho intramolecular Hbond substituents is 1. The Morgan fingerprint density at radius 1 is 1.05 bits per heavy atom. The predicted molar refractivity (Wildman–Crippen MR) is 86.4 cm³/mol. The van der Waals surface area contributed by atoms with Gasteiger partial charge in [0.05, 0.1) is 21.8 Å². The van der Waals surface area contributed by atoms with Gasteiger partial charge in [-0.1, -0.05) is 46.9 Å². The number of rotatable bonds is 3. The van der Waals surface area contributed by atoms with E-state index in [-0.39, 0.29) is 11.8 Å². The summed E-state index contributed by atoms with van der Waals surface area (Å²) in [6.45, 7) is 3.85. The van der Waals surface area contributed by atoms with Gasteiger partial charge in [-0.25, -0.2) is 0 Å². The summed E-state index contributed by atoms with van der Waals surface area (Å²) < 4.78 is 0. The van der Waals surface area contributed by atoms with Gasteiger partial charge in [0.25, 0.3) is 0 Å². The summed E-state index contributed by atoms with van der Waals surface area (Å²) in [6.07, 6.45) is 0. The van der Waals surface area contributed by atoms with Crippen molar-refractivity contribution in [1.82, 2.24) is 0 Å². The summed E-state index contributed by atoms with van der Waals surface area (Å²) in [5, 5.41) is 14.6. The van der Waals surface area contributed by atoms with E-state index < -0.39 is 0 Å². The third-order valence-corrected chi connectivity index (χ3v) is 3.83. The molecule has 20 heavy (non-hydrogen) atoms. The Bertz CT molecular complexity index is 620. The van der Waals surface area contributed by atoms with E-state index in [1.807, 2.05) is 26.0 Å². The smallest absolute Gasteiger partial charge is 0.121 e. The molecule has 2 aromatic carbocycles. The van der Waals surface area contributed by atoms with Crippen LogP contribution in [0.4, 0.5) is 5.69 Å². The lowest BCUT2D eigenvalue weighted by molar-refractivity contribution is 0.465. The van der Waals surface area contributed by atoms with Crippen LogP contribution in [0.5, 0.6) is 5.75 Å². The highest BCUT2D eigenvalue weighted by Crippen LogP contribution is 2.37. The number of nitrogens with one attached hydrogen (secondary N) is 1. The molecule has 0 amide bonds. The zero-order valence-electron chi connectivity index (χ0n) is 11.0. The van der Waals surface area contributed by atoms with E-state index in [1.54, 1.807) is 18.2 Å². The minimum atomic E-state index is -0.147. The summed E-state index contributed by atoms with van der Waals surface area (Å²) >= 11 is 18.2. The van der Waals surface area contributed by atoms with Gasteiger partial charge in [-0.05, 0) is 37.6 Å². The van der Waals surface area contributed by atoms with Gasteiger partial charge < -0.3 is 10.4 Å². The molecule has 0 aromatic heterocycles. The van der Waals surface area contributed by atoms with Gasteiger partial charge in [-0.15, -0.1) is 0 Å². The molecule has 0 bridgehead atoms. The second-order valence-electron chi connectivity index (χ2n) is 4.67. The molecule has 0 fully saturated rings. The molecule has 2 N–H and O–H groups in total. The van der Waals surface area contributed by atoms with E-state index in [9.17, 15) is 5.11 Å². The highest BCUT2D eigenvalue weighted by atomic mass is 35.5. The van der Waals surface area contributed by atoms with E-state index in [1.165, 1.54) is 0 Å². The number of halogens is 3. The Morgan fingerprint density at radius 3 is 2.20 bits per heavy atom. The maximum Gasteiger partial charge on any atom is 0.121 e. The maximum atomic E-state index is 10.00. The fraction of sp³-hybridized carbons (Fsp3) is 0.200. The SMILES string of the molecule is Cc1ccc(C(C)Nc2c(Cl)cc(Cl)cc2Cl)c(O)c1. The van der Waals surface area contributed by atoms with Crippen LogP contribution < -0.4 is 5.32 Å². The Balaban J connectivity index is 2.30. The number of anilines is 1. The molecule has 2 nitrogen and oxygen atoms in total. The zero-order chi connectivity index (χ0) is 14.9. The molecule has 0 saturated carbocycles. The number of hydrogen-bond donors (Lipinski definition) is 2. The predicted octanol–water partition coefficient (Wildman–Crippen LogP) is 5.83. The van der Waals surface area contributed by atoms with Gasteiger partial charge >= 0.3 is 0 Å². The van der Waals surface area contributed by atoms with Crippen molar-refractivity contribution in [2.24, 2.45) is 0 Å². The van der Waals surface area contributed by atoms with E-state index >= 15 is 0 Å². The molecule has 0 aliphatic carbocycles. The number of phenols is 1. The molecule has 0 spiro atoms. The molecule has 0 radical (unpaired) electrons. The van der Waals surface area contributed by atoms with Gasteiger partial charge in [-0.2, -0.15) is 0 Å². The normalized spacial score (nSPS) is 12.2. The van der Waals surface area contributed by atoms with Crippen molar-refractivity contribution >= 4 is 40.5 Å². The first-order chi connectivity index (χ1) is 9.38. The van der Waals surface area contributed by atoms with Crippen LogP contribution in [-0.4, -0.2) is 5.11 Å². The standard InChI is InChI=1S/C15H14Cl3NO/c1-8-3-4-11(14(20)5-8)9(2)19-15-12(17)6-10(16)7-13(15)18/h3-7,9,19-20H,1-2H3. The van der Waals surface area contributed by atoms with E-state index in [0.717, 1.165) is 11.1 Å². The first kappa shape index (κ1) is 15.3. The van der Waals surface area contributed by atoms with E-state index in [4.69, 9.17) is 34.8 Å². The highest BCUT2D eigenvalue weighted by molar-refractivity contribution is 6.41. The monoisotopic (exact) mass is 329 g/mol. The highest BCUT2D eigenvalue weighted by Gasteiger charge is 2.14. The Kier molecular flexibility index (Phi) is 4.69. The third kappa shape index (κ3) is 3.32. The first-order valence-corrected chi connectivity index (χ1v) is 7.22. The molecule has 0 saturated heterocycles. The summed E-state index contributed by atoms with van der Waals surface area (Å²) in [5.74, 6) is 0.242. The Labute approximate surface area is 133 Å². The number of aromatic hydroxyl groups is 1. The van der Waals surface area contributed by atoms with Crippen molar-refractivity contribution in [2.45, 2.75) is 19.9 Å². The molecule has 1 unspecified atom stereocenters. The van der Waals surface area contributed by atoms with Crippen molar-refractivity contribution < 1.29 is 5.11 Å². The summed E-state index contributed by atoms with van der Waals surface area (Å²) in [7, 11) is 0. The van der Waals surface area contributed by atoms with E-state index in [0.29, 0.717) is 20.8 Å². The number of benzene rings is 2. The molecular formula is C15H14Cl3NO. The molecule has 106 valence electrons. The topological polar surface area (TPSA) is 32.3 Å². The van der Waals surface area contributed by atoms with Crippen LogP contribution in [0.1, 0.15) is 24.1 Å². The second kappa shape index (κ2) is 6.13. The van der Waals surface area contributed by atoms with Gasteiger partial charge in [0.2, 0.25) is 0 Å². The van der Waals surface area contributed by atoms with Gasteiger partial charge in [0, 0.05) is 10.6 Å². The minimum Gasteiger partial charge on any atom is -0.508 e. The third-order valence-electron chi connectivity index (χ3n) is 3.02. The Hall–Kier alpha value is -1.09.